The molecule has 2 aliphatic heterocycles. The van der Waals surface area contributed by atoms with Gasteiger partial charge in [-0.2, -0.15) is 0 Å². The Morgan fingerprint density at radius 1 is 1.14 bits per heavy atom. The number of piperidine rings is 1. The van der Waals surface area contributed by atoms with Gasteiger partial charge in [0.15, 0.2) is 11.6 Å². The Hall–Kier alpha value is -3.42. The fraction of sp³-hybridized carbons (Fsp3) is 0.286. The SMILES string of the molecule is O=C(Nc1cc(-c2cccc(F)c2)on1)N1C[C@@H]2C[C@H](C1)c1cccc(=O)n1C2. The molecule has 2 aromatic heterocycles. The van der Waals surface area contributed by atoms with E-state index in [1.807, 2.05) is 10.6 Å². The summed E-state index contributed by atoms with van der Waals surface area (Å²) in [6.45, 7) is 1.75. The lowest BCUT2D eigenvalue weighted by Crippen LogP contribution is -2.50. The molecule has 1 fully saturated rings. The number of aromatic nitrogens is 2. The van der Waals surface area contributed by atoms with Crippen molar-refractivity contribution in [1.29, 1.82) is 0 Å². The number of benzene rings is 1. The number of hydrogen-bond acceptors (Lipinski definition) is 4. The Morgan fingerprint density at radius 2 is 2.00 bits per heavy atom. The molecular formula is C21H19FN4O3. The summed E-state index contributed by atoms with van der Waals surface area (Å²) < 4.78 is 20.5. The van der Waals surface area contributed by atoms with E-state index in [-0.39, 0.29) is 35.1 Å². The fourth-order valence-corrected chi connectivity index (χ4v) is 4.36. The summed E-state index contributed by atoms with van der Waals surface area (Å²) in [7, 11) is 0. The van der Waals surface area contributed by atoms with Gasteiger partial charge >= 0.3 is 6.03 Å². The van der Waals surface area contributed by atoms with Crippen LogP contribution in [0.3, 0.4) is 0 Å². The van der Waals surface area contributed by atoms with E-state index in [2.05, 4.69) is 10.5 Å². The largest absolute Gasteiger partial charge is 0.354 e. The molecule has 4 heterocycles. The molecule has 5 rings (SSSR count). The maximum atomic E-state index is 13.4. The third kappa shape index (κ3) is 3.30. The van der Waals surface area contributed by atoms with Gasteiger partial charge in [-0.1, -0.05) is 23.4 Å². The number of rotatable bonds is 2. The van der Waals surface area contributed by atoms with Crippen molar-refractivity contribution in [2.75, 3.05) is 18.4 Å². The average molecular weight is 394 g/mol. The smallest absolute Gasteiger partial charge is 0.323 e. The van der Waals surface area contributed by atoms with Crippen LogP contribution in [0.15, 0.2) is 57.8 Å². The van der Waals surface area contributed by atoms with Crippen LogP contribution in [0.4, 0.5) is 15.0 Å². The number of pyridine rings is 1. The molecular weight excluding hydrogens is 375 g/mol. The molecule has 0 saturated carbocycles. The van der Waals surface area contributed by atoms with E-state index in [0.717, 1.165) is 12.1 Å². The summed E-state index contributed by atoms with van der Waals surface area (Å²) in [6.07, 6.45) is 0.973. The summed E-state index contributed by atoms with van der Waals surface area (Å²) in [5, 5.41) is 6.64. The van der Waals surface area contributed by atoms with Gasteiger partial charge in [-0.25, -0.2) is 9.18 Å². The van der Waals surface area contributed by atoms with Crippen LogP contribution in [-0.2, 0) is 6.54 Å². The van der Waals surface area contributed by atoms with Crippen LogP contribution in [-0.4, -0.2) is 33.7 Å². The van der Waals surface area contributed by atoms with Crippen molar-refractivity contribution in [1.82, 2.24) is 14.6 Å². The summed E-state index contributed by atoms with van der Waals surface area (Å²) in [5.41, 5.74) is 1.55. The van der Waals surface area contributed by atoms with E-state index in [4.69, 9.17) is 4.52 Å². The first-order valence-electron chi connectivity index (χ1n) is 9.55. The van der Waals surface area contributed by atoms with Gasteiger partial charge in [0.2, 0.25) is 0 Å². The number of carbonyl (C=O) groups excluding carboxylic acids is 1. The summed E-state index contributed by atoms with van der Waals surface area (Å²) >= 11 is 0. The number of urea groups is 1. The molecule has 3 aromatic rings. The van der Waals surface area contributed by atoms with Crippen molar-refractivity contribution in [3.63, 3.8) is 0 Å². The van der Waals surface area contributed by atoms with E-state index < -0.39 is 0 Å². The predicted octanol–water partition coefficient (Wildman–Crippen LogP) is 3.29. The molecule has 7 nitrogen and oxygen atoms in total. The predicted molar refractivity (Wildman–Crippen MR) is 104 cm³/mol. The number of hydrogen-bond donors (Lipinski definition) is 1. The average Bonchev–Trinajstić information content (AvgIpc) is 3.17. The Balaban J connectivity index is 1.31. The quantitative estimate of drug-likeness (QED) is 0.723. The first-order valence-corrected chi connectivity index (χ1v) is 9.55. The summed E-state index contributed by atoms with van der Waals surface area (Å²) in [4.78, 5) is 26.7. The molecule has 2 aliphatic rings. The molecule has 0 aliphatic carbocycles. The Morgan fingerprint density at radius 3 is 2.86 bits per heavy atom. The van der Waals surface area contributed by atoms with Crippen LogP contribution in [0.5, 0.6) is 0 Å². The van der Waals surface area contributed by atoms with Gasteiger partial charge in [-0.15, -0.1) is 0 Å². The molecule has 2 amide bonds. The highest BCUT2D eigenvalue weighted by Crippen LogP contribution is 2.35. The van der Waals surface area contributed by atoms with Gasteiger partial charge < -0.3 is 14.0 Å². The zero-order valence-electron chi connectivity index (χ0n) is 15.5. The molecule has 1 aromatic carbocycles. The van der Waals surface area contributed by atoms with Crippen molar-refractivity contribution in [2.45, 2.75) is 18.9 Å². The zero-order chi connectivity index (χ0) is 20.0. The third-order valence-corrected chi connectivity index (χ3v) is 5.62. The van der Waals surface area contributed by atoms with Crippen molar-refractivity contribution in [2.24, 2.45) is 5.92 Å². The molecule has 148 valence electrons. The molecule has 1 saturated heterocycles. The lowest BCUT2D eigenvalue weighted by molar-refractivity contribution is 0.139. The van der Waals surface area contributed by atoms with Gasteiger partial charge in [0.25, 0.3) is 5.56 Å². The molecule has 2 bridgehead atoms. The van der Waals surface area contributed by atoms with E-state index >= 15 is 0 Å². The van der Waals surface area contributed by atoms with Crippen molar-refractivity contribution in [3.8, 4) is 11.3 Å². The van der Waals surface area contributed by atoms with E-state index in [9.17, 15) is 14.0 Å². The maximum absolute atomic E-state index is 13.4. The molecule has 29 heavy (non-hydrogen) atoms. The maximum Gasteiger partial charge on any atom is 0.323 e. The highest BCUT2D eigenvalue weighted by molar-refractivity contribution is 5.89. The highest BCUT2D eigenvalue weighted by Gasteiger charge is 2.36. The lowest BCUT2D eigenvalue weighted by Gasteiger charge is -2.42. The van der Waals surface area contributed by atoms with Crippen molar-refractivity contribution in [3.05, 3.63) is 70.4 Å². The minimum atomic E-state index is -0.372. The van der Waals surface area contributed by atoms with E-state index in [1.165, 1.54) is 12.1 Å². The van der Waals surface area contributed by atoms with Crippen LogP contribution < -0.4 is 10.9 Å². The van der Waals surface area contributed by atoms with Gasteiger partial charge in [0.05, 0.1) is 0 Å². The molecule has 0 spiro atoms. The Labute approximate surface area is 165 Å². The molecule has 1 N–H and O–H groups in total. The molecule has 2 atom stereocenters. The number of likely N-dealkylation sites (tertiary alicyclic amines) is 1. The first-order chi connectivity index (χ1) is 14.1. The number of fused-ring (bicyclic) bond motifs is 4. The zero-order valence-corrected chi connectivity index (χ0v) is 15.5. The standard InChI is InChI=1S/C21H19FN4O3/c22-16-4-1-3-14(8-16)18-9-19(24-29-18)23-21(28)25-10-13-7-15(12-25)17-5-2-6-20(27)26(17)11-13/h1-6,8-9,13,15H,7,10-12H2,(H,23,24,28)/t13-,15+/m0/s1. The second-order valence-electron chi connectivity index (χ2n) is 7.62. The number of nitrogens with one attached hydrogen (secondary N) is 1. The first kappa shape index (κ1) is 17.7. The van der Waals surface area contributed by atoms with Crippen LogP contribution >= 0.6 is 0 Å². The topological polar surface area (TPSA) is 80.4 Å². The summed E-state index contributed by atoms with van der Waals surface area (Å²) in [6, 6.07) is 12.6. The number of carbonyl (C=O) groups is 1. The van der Waals surface area contributed by atoms with E-state index in [1.54, 1.807) is 35.2 Å². The Kier molecular flexibility index (Phi) is 4.19. The molecule has 8 heteroatoms. The fourth-order valence-electron chi connectivity index (χ4n) is 4.36. The normalized spacial score (nSPS) is 20.2. The highest BCUT2D eigenvalue weighted by atomic mass is 19.1. The number of amides is 2. The number of halogens is 1. The number of nitrogens with zero attached hydrogens (tertiary/aromatic N) is 3. The van der Waals surface area contributed by atoms with Gasteiger partial charge in [0.1, 0.15) is 5.82 Å². The van der Waals surface area contributed by atoms with Crippen molar-refractivity contribution >= 4 is 11.8 Å². The lowest BCUT2D eigenvalue weighted by atomic mass is 9.83. The van der Waals surface area contributed by atoms with Gasteiger partial charge in [0, 0.05) is 48.9 Å². The minimum absolute atomic E-state index is 0.0163. The van der Waals surface area contributed by atoms with Crippen LogP contribution in [0.25, 0.3) is 11.3 Å². The van der Waals surface area contributed by atoms with Crippen LogP contribution in [0.2, 0.25) is 0 Å². The molecule has 0 unspecified atom stereocenters. The van der Waals surface area contributed by atoms with Gasteiger partial charge in [-0.3, -0.25) is 10.1 Å². The third-order valence-electron chi connectivity index (χ3n) is 5.62. The number of anilines is 1. The Bertz CT molecular complexity index is 1140. The monoisotopic (exact) mass is 394 g/mol. The van der Waals surface area contributed by atoms with Gasteiger partial charge in [-0.05, 0) is 30.5 Å². The van der Waals surface area contributed by atoms with E-state index in [0.29, 0.717) is 31.0 Å². The van der Waals surface area contributed by atoms with Crippen LogP contribution in [0, 0.1) is 11.7 Å². The minimum Gasteiger partial charge on any atom is -0.354 e. The molecule has 0 radical (unpaired) electrons. The second-order valence-corrected chi connectivity index (χ2v) is 7.62. The van der Waals surface area contributed by atoms with Crippen molar-refractivity contribution < 1.29 is 13.7 Å². The second kappa shape index (κ2) is 6.88. The summed E-state index contributed by atoms with van der Waals surface area (Å²) in [5.74, 6) is 0.670. The van der Waals surface area contributed by atoms with Crippen LogP contribution in [0.1, 0.15) is 18.0 Å².